The number of aromatic amines is 1. The Morgan fingerprint density at radius 2 is 2.07 bits per heavy atom. The van der Waals surface area contributed by atoms with Crippen molar-refractivity contribution in [1.29, 1.82) is 0 Å². The van der Waals surface area contributed by atoms with E-state index in [1.165, 1.54) is 33.2 Å². The van der Waals surface area contributed by atoms with Crippen LogP contribution in [0.25, 0.3) is 10.9 Å². The molecule has 1 aromatic carbocycles. The van der Waals surface area contributed by atoms with Gasteiger partial charge in [-0.25, -0.2) is 0 Å². The van der Waals surface area contributed by atoms with Gasteiger partial charge in [-0.05, 0) is 37.9 Å². The van der Waals surface area contributed by atoms with E-state index in [1.54, 1.807) is 0 Å². The first-order chi connectivity index (χ1) is 7.15. The van der Waals surface area contributed by atoms with Crippen molar-refractivity contribution in [3.63, 3.8) is 0 Å². The lowest BCUT2D eigenvalue weighted by molar-refractivity contribution is 0.962. The Hall–Kier alpha value is -1.22. The van der Waals surface area contributed by atoms with Crippen LogP contribution in [-0.4, -0.2) is 19.4 Å². The molecule has 0 aliphatic rings. The van der Waals surface area contributed by atoms with E-state index in [0.29, 0.717) is 6.54 Å². The SMILES string of the molecule is Bc1ccc(C)c2c(CCN)c(C)[nH]c12. The van der Waals surface area contributed by atoms with Crippen LogP contribution in [-0.2, 0) is 6.42 Å². The maximum Gasteiger partial charge on any atom is 0.142 e. The highest BCUT2D eigenvalue weighted by atomic mass is 14.7. The number of aryl methyl sites for hydroxylation is 2. The van der Waals surface area contributed by atoms with Gasteiger partial charge < -0.3 is 10.7 Å². The molecule has 0 spiro atoms. The standard InChI is InChI=1S/C12H17BN2/c1-7-3-4-10(13)12-11(7)9(5-6-14)8(2)15-12/h3-4,15H,5-6,13-14H2,1-2H3. The van der Waals surface area contributed by atoms with E-state index < -0.39 is 0 Å². The number of nitrogens with one attached hydrogen (secondary N) is 1. The molecular weight excluding hydrogens is 183 g/mol. The van der Waals surface area contributed by atoms with Gasteiger partial charge in [0.1, 0.15) is 7.85 Å². The Morgan fingerprint density at radius 3 is 2.73 bits per heavy atom. The van der Waals surface area contributed by atoms with Crippen LogP contribution in [0, 0.1) is 13.8 Å². The quantitative estimate of drug-likeness (QED) is 0.682. The summed E-state index contributed by atoms with van der Waals surface area (Å²) in [6.45, 7) is 5.00. The predicted molar refractivity (Wildman–Crippen MR) is 68.7 cm³/mol. The summed E-state index contributed by atoms with van der Waals surface area (Å²) in [6, 6.07) is 4.35. The second-order valence-corrected chi connectivity index (χ2v) is 4.22. The van der Waals surface area contributed by atoms with Crippen molar-refractivity contribution in [3.05, 3.63) is 29.0 Å². The third-order valence-electron chi connectivity index (χ3n) is 3.08. The highest BCUT2D eigenvalue weighted by Gasteiger charge is 2.10. The second-order valence-electron chi connectivity index (χ2n) is 4.22. The van der Waals surface area contributed by atoms with Gasteiger partial charge in [0.05, 0.1) is 0 Å². The zero-order valence-corrected chi connectivity index (χ0v) is 9.65. The van der Waals surface area contributed by atoms with Crippen LogP contribution in [0.5, 0.6) is 0 Å². The zero-order valence-electron chi connectivity index (χ0n) is 9.65. The fraction of sp³-hybridized carbons (Fsp3) is 0.333. The van der Waals surface area contributed by atoms with Gasteiger partial charge in [-0.2, -0.15) is 0 Å². The van der Waals surface area contributed by atoms with Crippen LogP contribution in [0.1, 0.15) is 16.8 Å². The molecule has 0 amide bonds. The van der Waals surface area contributed by atoms with Crippen LogP contribution in [0.2, 0.25) is 0 Å². The Morgan fingerprint density at radius 1 is 1.33 bits per heavy atom. The van der Waals surface area contributed by atoms with E-state index in [4.69, 9.17) is 5.73 Å². The third kappa shape index (κ3) is 1.57. The number of H-pyrrole nitrogens is 1. The van der Waals surface area contributed by atoms with Gasteiger partial charge in [0.15, 0.2) is 0 Å². The molecule has 0 radical (unpaired) electrons. The molecule has 78 valence electrons. The molecular formula is C12H17BN2. The Labute approximate surface area is 91.3 Å². The summed E-state index contributed by atoms with van der Waals surface area (Å²) in [5.41, 5.74) is 12.2. The number of hydrogen-bond acceptors (Lipinski definition) is 1. The molecule has 0 saturated heterocycles. The smallest absolute Gasteiger partial charge is 0.142 e. The summed E-state index contributed by atoms with van der Waals surface area (Å²) in [5, 5.41) is 1.37. The Balaban J connectivity index is 2.79. The van der Waals surface area contributed by atoms with Gasteiger partial charge in [0.25, 0.3) is 0 Å². The lowest BCUT2D eigenvalue weighted by atomic mass is 9.91. The van der Waals surface area contributed by atoms with Crippen LogP contribution in [0.4, 0.5) is 0 Å². The molecule has 1 aromatic heterocycles. The monoisotopic (exact) mass is 200 g/mol. The minimum atomic E-state index is 0.709. The maximum absolute atomic E-state index is 5.65. The summed E-state index contributed by atoms with van der Waals surface area (Å²) in [4.78, 5) is 3.47. The average Bonchev–Trinajstić information content (AvgIpc) is 2.53. The van der Waals surface area contributed by atoms with E-state index in [1.807, 2.05) is 0 Å². The van der Waals surface area contributed by atoms with Crippen molar-refractivity contribution in [2.75, 3.05) is 6.54 Å². The normalized spacial score (nSPS) is 11.1. The van der Waals surface area contributed by atoms with Crippen molar-refractivity contribution in [2.24, 2.45) is 5.73 Å². The van der Waals surface area contributed by atoms with E-state index in [0.717, 1.165) is 6.42 Å². The van der Waals surface area contributed by atoms with Crippen LogP contribution < -0.4 is 11.2 Å². The molecule has 0 saturated carbocycles. The first kappa shape index (κ1) is 10.3. The molecule has 0 fully saturated rings. The molecule has 0 atom stereocenters. The third-order valence-corrected chi connectivity index (χ3v) is 3.08. The molecule has 3 heteroatoms. The molecule has 2 nitrogen and oxygen atoms in total. The predicted octanol–water partition coefficient (Wildman–Crippen LogP) is 0.544. The van der Waals surface area contributed by atoms with Crippen LogP contribution >= 0.6 is 0 Å². The Kier molecular flexibility index (Phi) is 2.57. The highest BCUT2D eigenvalue weighted by Crippen LogP contribution is 2.24. The topological polar surface area (TPSA) is 41.8 Å². The number of hydrogen-bond donors (Lipinski definition) is 2. The number of rotatable bonds is 2. The van der Waals surface area contributed by atoms with Crippen molar-refractivity contribution in [3.8, 4) is 0 Å². The summed E-state index contributed by atoms with van der Waals surface area (Å²) in [7, 11) is 2.14. The maximum atomic E-state index is 5.65. The first-order valence-electron chi connectivity index (χ1n) is 5.42. The van der Waals surface area contributed by atoms with Gasteiger partial charge >= 0.3 is 0 Å². The molecule has 3 N–H and O–H groups in total. The van der Waals surface area contributed by atoms with Gasteiger partial charge in [0.2, 0.25) is 0 Å². The fourth-order valence-electron chi connectivity index (χ4n) is 2.27. The van der Waals surface area contributed by atoms with E-state index >= 15 is 0 Å². The zero-order chi connectivity index (χ0) is 11.0. The number of benzene rings is 1. The summed E-state index contributed by atoms with van der Waals surface area (Å²) >= 11 is 0. The van der Waals surface area contributed by atoms with E-state index in [2.05, 4.69) is 38.8 Å². The molecule has 0 unspecified atom stereocenters. The second kappa shape index (κ2) is 3.74. The van der Waals surface area contributed by atoms with Crippen molar-refractivity contribution in [2.45, 2.75) is 20.3 Å². The molecule has 0 bridgehead atoms. The van der Waals surface area contributed by atoms with Crippen molar-refractivity contribution < 1.29 is 0 Å². The summed E-state index contributed by atoms with van der Waals surface area (Å²) in [6.07, 6.45) is 0.954. The summed E-state index contributed by atoms with van der Waals surface area (Å²) < 4.78 is 0. The molecule has 2 rings (SSSR count). The van der Waals surface area contributed by atoms with Gasteiger partial charge in [-0.3, -0.25) is 0 Å². The average molecular weight is 200 g/mol. The van der Waals surface area contributed by atoms with Crippen LogP contribution in [0.3, 0.4) is 0 Å². The molecule has 0 aliphatic carbocycles. The lowest BCUT2D eigenvalue weighted by Crippen LogP contribution is -2.05. The lowest BCUT2D eigenvalue weighted by Gasteiger charge is -2.03. The first-order valence-corrected chi connectivity index (χ1v) is 5.42. The summed E-state index contributed by atoms with van der Waals surface area (Å²) in [5.74, 6) is 0. The minimum Gasteiger partial charge on any atom is -0.359 e. The van der Waals surface area contributed by atoms with Gasteiger partial charge in [-0.15, -0.1) is 0 Å². The molecule has 2 aromatic rings. The highest BCUT2D eigenvalue weighted by molar-refractivity contribution is 6.38. The Bertz CT molecular complexity index is 500. The largest absolute Gasteiger partial charge is 0.359 e. The molecule has 15 heavy (non-hydrogen) atoms. The van der Waals surface area contributed by atoms with Crippen molar-refractivity contribution in [1.82, 2.24) is 4.98 Å². The molecule has 0 aliphatic heterocycles. The van der Waals surface area contributed by atoms with Crippen molar-refractivity contribution >= 4 is 24.2 Å². The minimum absolute atomic E-state index is 0.709. The molecule has 1 heterocycles. The number of fused-ring (bicyclic) bond motifs is 1. The fourth-order valence-corrected chi connectivity index (χ4v) is 2.27. The van der Waals surface area contributed by atoms with E-state index in [9.17, 15) is 0 Å². The van der Waals surface area contributed by atoms with Crippen LogP contribution in [0.15, 0.2) is 12.1 Å². The van der Waals surface area contributed by atoms with E-state index in [-0.39, 0.29) is 0 Å². The van der Waals surface area contributed by atoms with Gasteiger partial charge in [-0.1, -0.05) is 17.6 Å². The van der Waals surface area contributed by atoms with Gasteiger partial charge in [0, 0.05) is 16.6 Å². The number of nitrogens with two attached hydrogens (primary N) is 1. The number of aromatic nitrogens is 1.